The van der Waals surface area contributed by atoms with Crippen LogP contribution in [0.5, 0.6) is 5.75 Å². The van der Waals surface area contributed by atoms with Gasteiger partial charge in [0.15, 0.2) is 0 Å². The largest absolute Gasteiger partial charge is 0.483 e. The predicted octanol–water partition coefficient (Wildman–Crippen LogP) is 4.51. The lowest BCUT2D eigenvalue weighted by Gasteiger charge is -2.32. The molecule has 1 unspecified atom stereocenters. The van der Waals surface area contributed by atoms with Gasteiger partial charge in [-0.05, 0) is 30.9 Å². The van der Waals surface area contributed by atoms with Gasteiger partial charge in [0.05, 0.1) is 11.6 Å². The molecule has 0 saturated carbocycles. The average molecular weight is 362 g/mol. The second-order valence-corrected chi connectivity index (χ2v) is 6.48. The van der Waals surface area contributed by atoms with Crippen LogP contribution in [0.4, 0.5) is 8.78 Å². The Labute approximate surface area is 143 Å². The summed E-state index contributed by atoms with van der Waals surface area (Å²) >= 11 is 7.80. The van der Waals surface area contributed by atoms with Crippen molar-refractivity contribution < 1.29 is 18.3 Å². The summed E-state index contributed by atoms with van der Waals surface area (Å²) in [4.78, 5) is 13.4. The summed E-state index contributed by atoms with van der Waals surface area (Å²) in [6.07, 6.45) is 1.61. The van der Waals surface area contributed by atoms with E-state index in [0.717, 1.165) is 4.90 Å². The van der Waals surface area contributed by atoms with Crippen LogP contribution in [0.15, 0.2) is 24.3 Å². The lowest BCUT2D eigenvalue weighted by atomic mass is 9.97. The predicted molar refractivity (Wildman–Crippen MR) is 89.9 cm³/mol. The van der Waals surface area contributed by atoms with E-state index in [0.29, 0.717) is 34.4 Å². The summed E-state index contributed by atoms with van der Waals surface area (Å²) in [7, 11) is 0. The highest BCUT2D eigenvalue weighted by Gasteiger charge is 2.31. The molecule has 1 atom stereocenters. The molecule has 7 heteroatoms. The molecule has 1 aromatic rings. The van der Waals surface area contributed by atoms with Crippen molar-refractivity contribution in [3.05, 3.63) is 34.9 Å². The summed E-state index contributed by atoms with van der Waals surface area (Å²) in [5.74, 6) is 0.484. The Morgan fingerprint density at radius 3 is 2.83 bits per heavy atom. The molecule has 0 aromatic heterocycles. The Kier molecular flexibility index (Phi) is 6.30. The number of alkyl halides is 2. The molecule has 0 bridgehead atoms. The fourth-order valence-electron chi connectivity index (χ4n) is 2.39. The maximum Gasteiger partial charge on any atom is 0.256 e. The number of carbonyl (C=O) groups is 1. The third-order valence-electron chi connectivity index (χ3n) is 3.52. The maximum atomic E-state index is 12.8. The van der Waals surface area contributed by atoms with Gasteiger partial charge < -0.3 is 9.64 Å². The molecule has 0 fully saturated rings. The zero-order valence-electron chi connectivity index (χ0n) is 12.9. The van der Waals surface area contributed by atoms with Crippen molar-refractivity contribution in [3.63, 3.8) is 0 Å². The van der Waals surface area contributed by atoms with Crippen LogP contribution in [0.2, 0.25) is 5.02 Å². The lowest BCUT2D eigenvalue weighted by Crippen LogP contribution is -2.39. The first-order chi connectivity index (χ1) is 10.9. The van der Waals surface area contributed by atoms with E-state index in [-0.39, 0.29) is 11.8 Å². The molecule has 0 N–H and O–H groups in total. The molecular formula is C16H18ClF2NO2S. The Morgan fingerprint density at radius 2 is 2.22 bits per heavy atom. The second kappa shape index (κ2) is 8.02. The van der Waals surface area contributed by atoms with Gasteiger partial charge in [-0.25, -0.2) is 8.78 Å². The van der Waals surface area contributed by atoms with E-state index in [2.05, 4.69) is 0 Å². The van der Waals surface area contributed by atoms with E-state index >= 15 is 0 Å². The number of nitrogens with zero attached hydrogens (tertiary/aromatic N) is 1. The average Bonchev–Trinajstić information content (AvgIpc) is 2.50. The van der Waals surface area contributed by atoms with Crippen LogP contribution >= 0.6 is 23.4 Å². The van der Waals surface area contributed by atoms with Gasteiger partial charge in [-0.15, -0.1) is 11.8 Å². The summed E-state index contributed by atoms with van der Waals surface area (Å²) < 4.78 is 31.1. The van der Waals surface area contributed by atoms with Crippen molar-refractivity contribution in [3.8, 4) is 5.75 Å². The van der Waals surface area contributed by atoms with Crippen molar-refractivity contribution in [2.24, 2.45) is 5.92 Å². The van der Waals surface area contributed by atoms with Crippen molar-refractivity contribution in [2.75, 3.05) is 18.7 Å². The number of amides is 1. The van der Waals surface area contributed by atoms with E-state index in [1.165, 1.54) is 11.8 Å². The second-order valence-electron chi connectivity index (χ2n) is 5.26. The zero-order valence-corrected chi connectivity index (χ0v) is 14.5. The number of ether oxygens (including phenoxy) is 1. The van der Waals surface area contributed by atoms with Gasteiger partial charge in [-0.1, -0.05) is 24.6 Å². The van der Waals surface area contributed by atoms with E-state index in [1.54, 1.807) is 31.2 Å². The molecule has 0 radical (unpaired) electrons. The van der Waals surface area contributed by atoms with E-state index in [9.17, 15) is 13.6 Å². The third-order valence-corrected chi connectivity index (χ3v) is 4.19. The van der Waals surface area contributed by atoms with Crippen LogP contribution in [0.25, 0.3) is 5.70 Å². The summed E-state index contributed by atoms with van der Waals surface area (Å²) in [5, 5.41) is 0.372. The van der Waals surface area contributed by atoms with Crippen LogP contribution in [-0.4, -0.2) is 36.0 Å². The minimum absolute atomic E-state index is 0.304. The van der Waals surface area contributed by atoms with Crippen LogP contribution in [0.1, 0.15) is 18.9 Å². The van der Waals surface area contributed by atoms with Gasteiger partial charge in [0.1, 0.15) is 11.7 Å². The SMILES string of the molecule is CSCOc1ccc(C2=CCC(C)C(=O)N2CC(F)F)c(Cl)c1. The Balaban J connectivity index is 2.32. The molecule has 0 saturated heterocycles. The van der Waals surface area contributed by atoms with E-state index in [1.807, 2.05) is 6.26 Å². The maximum absolute atomic E-state index is 12.8. The van der Waals surface area contributed by atoms with Crippen LogP contribution in [-0.2, 0) is 4.79 Å². The molecule has 3 nitrogen and oxygen atoms in total. The number of rotatable bonds is 6. The van der Waals surface area contributed by atoms with Gasteiger partial charge in [-0.2, -0.15) is 0 Å². The van der Waals surface area contributed by atoms with Crippen LogP contribution in [0.3, 0.4) is 0 Å². The molecule has 23 heavy (non-hydrogen) atoms. The highest BCUT2D eigenvalue weighted by atomic mass is 35.5. The first kappa shape index (κ1) is 18.1. The number of halogens is 3. The highest BCUT2D eigenvalue weighted by Crippen LogP contribution is 2.34. The minimum Gasteiger partial charge on any atom is -0.483 e. The number of hydrogen-bond acceptors (Lipinski definition) is 3. The van der Waals surface area contributed by atoms with Crippen molar-refractivity contribution in [1.29, 1.82) is 0 Å². The third kappa shape index (κ3) is 4.38. The summed E-state index contributed by atoms with van der Waals surface area (Å²) in [5.41, 5.74) is 0.999. The fraction of sp³-hybridized carbons (Fsp3) is 0.438. The van der Waals surface area contributed by atoms with Gasteiger partial charge in [-0.3, -0.25) is 4.79 Å². The molecule has 1 aliphatic rings. The molecule has 2 rings (SSSR count). The Bertz CT molecular complexity index is 610. The molecule has 1 aromatic carbocycles. The van der Waals surface area contributed by atoms with Gasteiger partial charge in [0.2, 0.25) is 5.91 Å². The van der Waals surface area contributed by atoms with E-state index in [4.69, 9.17) is 16.3 Å². The first-order valence-electron chi connectivity index (χ1n) is 7.15. The van der Waals surface area contributed by atoms with E-state index < -0.39 is 13.0 Å². The lowest BCUT2D eigenvalue weighted by molar-refractivity contribution is -0.133. The Morgan fingerprint density at radius 1 is 1.48 bits per heavy atom. The topological polar surface area (TPSA) is 29.5 Å². The standard InChI is InChI=1S/C16H18ClF2NO2S/c1-10-3-6-14(20(16(10)21)8-15(18)19)12-5-4-11(7-13(12)17)22-9-23-2/h4-7,10,15H,3,8-9H2,1-2H3. The molecule has 1 aliphatic heterocycles. The van der Waals surface area contributed by atoms with Gasteiger partial charge in [0.25, 0.3) is 6.43 Å². The zero-order chi connectivity index (χ0) is 17.0. The van der Waals surface area contributed by atoms with Crippen LogP contribution in [0, 0.1) is 5.92 Å². The van der Waals surface area contributed by atoms with Crippen molar-refractivity contribution in [1.82, 2.24) is 4.90 Å². The quantitative estimate of drug-likeness (QED) is 0.698. The number of thioether (sulfide) groups is 1. The van der Waals surface area contributed by atoms with Crippen molar-refractivity contribution in [2.45, 2.75) is 19.8 Å². The minimum atomic E-state index is -2.60. The smallest absolute Gasteiger partial charge is 0.256 e. The summed E-state index contributed by atoms with van der Waals surface area (Å²) in [6, 6.07) is 5.06. The van der Waals surface area contributed by atoms with Gasteiger partial charge in [0, 0.05) is 17.2 Å². The molecule has 1 heterocycles. The molecular weight excluding hydrogens is 344 g/mol. The van der Waals surface area contributed by atoms with Crippen LogP contribution < -0.4 is 4.74 Å². The monoisotopic (exact) mass is 361 g/mol. The summed E-state index contributed by atoms with van der Waals surface area (Å²) in [6.45, 7) is 1.10. The first-order valence-corrected chi connectivity index (χ1v) is 8.92. The number of hydrogen-bond donors (Lipinski definition) is 0. The number of carbonyl (C=O) groups excluding carboxylic acids is 1. The highest BCUT2D eigenvalue weighted by molar-refractivity contribution is 7.98. The Hall–Kier alpha value is -1.27. The molecule has 0 spiro atoms. The normalized spacial score (nSPS) is 18.3. The van der Waals surface area contributed by atoms with Crippen molar-refractivity contribution >= 4 is 35.0 Å². The molecule has 1 amide bonds. The number of allylic oxidation sites excluding steroid dienone is 1. The number of benzene rings is 1. The fourth-order valence-corrected chi connectivity index (χ4v) is 2.91. The molecule has 126 valence electrons. The van der Waals surface area contributed by atoms with Gasteiger partial charge >= 0.3 is 0 Å². The molecule has 0 aliphatic carbocycles.